The molecule has 164 valence electrons. The molecule has 0 aliphatic carbocycles. The Balaban J connectivity index is 1.92. The molecular weight excluding hydrogens is 402 g/mol. The van der Waals surface area contributed by atoms with E-state index in [0.717, 1.165) is 53.4 Å². The quantitative estimate of drug-likeness (QED) is 0.267. The van der Waals surface area contributed by atoms with Gasteiger partial charge in [-0.2, -0.15) is 5.26 Å². The Bertz CT molecular complexity index is 1360. The van der Waals surface area contributed by atoms with Crippen LogP contribution < -0.4 is 0 Å². The number of para-hydroxylation sites is 2. The lowest BCUT2D eigenvalue weighted by atomic mass is 9.70. The molecular formula is C30H29N3. The third-order valence-corrected chi connectivity index (χ3v) is 6.69. The molecule has 0 N–H and O–H groups in total. The van der Waals surface area contributed by atoms with Crippen LogP contribution in [0.2, 0.25) is 0 Å². The van der Waals surface area contributed by atoms with Crippen molar-refractivity contribution in [3.8, 4) is 6.07 Å². The van der Waals surface area contributed by atoms with Crippen molar-refractivity contribution in [2.75, 3.05) is 0 Å². The summed E-state index contributed by atoms with van der Waals surface area (Å²) in [5.74, 6) is 0. The first kappa shape index (κ1) is 21.1. The molecule has 5 rings (SSSR count). The number of aryl methyl sites for hydroxylation is 2. The van der Waals surface area contributed by atoms with E-state index in [4.69, 9.17) is 0 Å². The number of fused-ring (bicyclic) bond motifs is 2. The minimum atomic E-state index is -0.918. The highest BCUT2D eigenvalue weighted by Crippen LogP contribution is 2.45. The van der Waals surface area contributed by atoms with Gasteiger partial charge in [-0.05, 0) is 30.5 Å². The van der Waals surface area contributed by atoms with E-state index in [9.17, 15) is 5.26 Å². The molecule has 33 heavy (non-hydrogen) atoms. The molecule has 0 atom stereocenters. The second-order valence-corrected chi connectivity index (χ2v) is 8.73. The Labute approximate surface area is 195 Å². The van der Waals surface area contributed by atoms with Crippen molar-refractivity contribution < 1.29 is 0 Å². The monoisotopic (exact) mass is 431 g/mol. The van der Waals surface area contributed by atoms with E-state index < -0.39 is 5.41 Å². The number of hydrogen-bond acceptors (Lipinski definition) is 1. The number of hydrogen-bond donors (Lipinski definition) is 0. The minimum absolute atomic E-state index is 0.918. The highest BCUT2D eigenvalue weighted by Gasteiger charge is 2.41. The van der Waals surface area contributed by atoms with E-state index >= 15 is 0 Å². The van der Waals surface area contributed by atoms with Crippen LogP contribution in [0.25, 0.3) is 21.8 Å². The molecule has 3 aromatic carbocycles. The van der Waals surface area contributed by atoms with Crippen LogP contribution >= 0.6 is 0 Å². The van der Waals surface area contributed by atoms with Gasteiger partial charge >= 0.3 is 0 Å². The number of rotatable bonds is 7. The molecule has 0 radical (unpaired) electrons. The number of nitriles is 1. The molecule has 0 fully saturated rings. The first-order chi connectivity index (χ1) is 16.2. The minimum Gasteiger partial charge on any atom is -0.347 e. The lowest BCUT2D eigenvalue weighted by molar-refractivity contribution is 0.686. The summed E-state index contributed by atoms with van der Waals surface area (Å²) in [6.07, 6.45) is 6.52. The third-order valence-electron chi connectivity index (χ3n) is 6.69. The van der Waals surface area contributed by atoms with E-state index in [2.05, 4.69) is 102 Å². The highest BCUT2D eigenvalue weighted by molar-refractivity contribution is 5.92. The number of benzene rings is 3. The Morgan fingerprint density at radius 3 is 1.58 bits per heavy atom. The van der Waals surface area contributed by atoms with Crippen molar-refractivity contribution in [1.82, 2.24) is 9.13 Å². The molecule has 0 aliphatic heterocycles. The van der Waals surface area contributed by atoms with Gasteiger partial charge in [0.2, 0.25) is 0 Å². The molecule has 5 aromatic rings. The zero-order chi connectivity index (χ0) is 22.8. The van der Waals surface area contributed by atoms with Crippen LogP contribution in [0.1, 0.15) is 43.4 Å². The molecule has 0 bridgehead atoms. The maximum absolute atomic E-state index is 11.1. The Morgan fingerprint density at radius 2 is 1.12 bits per heavy atom. The van der Waals surface area contributed by atoms with Crippen LogP contribution in [0.5, 0.6) is 0 Å². The second-order valence-electron chi connectivity index (χ2n) is 8.73. The van der Waals surface area contributed by atoms with Gasteiger partial charge in [0.1, 0.15) is 5.41 Å². The van der Waals surface area contributed by atoms with Gasteiger partial charge < -0.3 is 9.13 Å². The van der Waals surface area contributed by atoms with Crippen molar-refractivity contribution in [2.24, 2.45) is 0 Å². The summed E-state index contributed by atoms with van der Waals surface area (Å²) in [5, 5.41) is 13.4. The average molecular weight is 432 g/mol. The molecule has 2 heterocycles. The van der Waals surface area contributed by atoms with Gasteiger partial charge in [-0.25, -0.2) is 0 Å². The fourth-order valence-electron chi connectivity index (χ4n) is 5.27. The van der Waals surface area contributed by atoms with E-state index in [1.54, 1.807) is 0 Å². The van der Waals surface area contributed by atoms with Crippen molar-refractivity contribution in [1.29, 1.82) is 5.26 Å². The van der Waals surface area contributed by atoms with Gasteiger partial charge in [0, 0.05) is 58.4 Å². The second kappa shape index (κ2) is 8.64. The van der Waals surface area contributed by atoms with Gasteiger partial charge in [0.05, 0.1) is 6.07 Å². The van der Waals surface area contributed by atoms with E-state index in [0.29, 0.717) is 0 Å². The fraction of sp³-hybridized carbons (Fsp3) is 0.233. The van der Waals surface area contributed by atoms with Crippen LogP contribution in [-0.2, 0) is 18.5 Å². The van der Waals surface area contributed by atoms with Gasteiger partial charge in [-0.1, -0.05) is 80.6 Å². The number of nitrogens with zero attached hydrogens (tertiary/aromatic N) is 3. The maximum Gasteiger partial charge on any atom is 0.136 e. The molecule has 3 heteroatoms. The molecule has 0 saturated carbocycles. The number of aromatic nitrogens is 2. The smallest absolute Gasteiger partial charge is 0.136 e. The summed E-state index contributed by atoms with van der Waals surface area (Å²) in [5.41, 5.74) is 4.56. The van der Waals surface area contributed by atoms with Crippen molar-refractivity contribution >= 4 is 21.8 Å². The molecule has 3 nitrogen and oxygen atoms in total. The summed E-state index contributed by atoms with van der Waals surface area (Å²) >= 11 is 0. The topological polar surface area (TPSA) is 33.6 Å². The van der Waals surface area contributed by atoms with Crippen LogP contribution in [0.15, 0.2) is 91.3 Å². The van der Waals surface area contributed by atoms with E-state index in [1.165, 1.54) is 11.0 Å². The van der Waals surface area contributed by atoms with Gasteiger partial charge in [0.15, 0.2) is 0 Å². The Hall–Kier alpha value is -3.77. The lowest BCUT2D eigenvalue weighted by Crippen LogP contribution is -2.27. The Kier molecular flexibility index (Phi) is 5.52. The first-order valence-corrected chi connectivity index (χ1v) is 11.9. The standard InChI is InChI=1S/C30H29N3/c1-3-18-32-20-26(24-14-8-10-16-28(24)32)30(22-31,23-12-6-5-7-13-23)27-21-33(19-4-2)29-17-11-9-15-25(27)29/h5-17,20-21H,3-4,18-19H2,1-2H3. The Morgan fingerprint density at radius 1 is 0.667 bits per heavy atom. The van der Waals surface area contributed by atoms with Gasteiger partial charge in [-0.3, -0.25) is 0 Å². The van der Waals surface area contributed by atoms with E-state index in [1.807, 2.05) is 18.2 Å². The summed E-state index contributed by atoms with van der Waals surface area (Å²) in [4.78, 5) is 0. The SMILES string of the molecule is CCCn1cc(C(C#N)(c2ccccc2)c2cn(CCC)c3ccccc23)c2ccccc21. The summed E-state index contributed by atoms with van der Waals surface area (Å²) in [7, 11) is 0. The zero-order valence-electron chi connectivity index (χ0n) is 19.3. The van der Waals surface area contributed by atoms with Crippen LogP contribution in [0.3, 0.4) is 0 Å². The molecule has 0 saturated heterocycles. The first-order valence-electron chi connectivity index (χ1n) is 11.9. The molecule has 0 amide bonds. The molecule has 2 aromatic heterocycles. The van der Waals surface area contributed by atoms with E-state index in [-0.39, 0.29) is 0 Å². The van der Waals surface area contributed by atoms with Crippen LogP contribution in [0, 0.1) is 11.3 Å². The fourth-order valence-corrected chi connectivity index (χ4v) is 5.27. The predicted molar refractivity (Wildman–Crippen MR) is 136 cm³/mol. The van der Waals surface area contributed by atoms with Gasteiger partial charge in [-0.15, -0.1) is 0 Å². The third kappa shape index (κ3) is 3.26. The van der Waals surface area contributed by atoms with Crippen molar-refractivity contribution in [3.63, 3.8) is 0 Å². The van der Waals surface area contributed by atoms with Crippen LogP contribution in [-0.4, -0.2) is 9.13 Å². The average Bonchev–Trinajstić information content (AvgIpc) is 3.42. The zero-order valence-corrected chi connectivity index (χ0v) is 19.3. The largest absolute Gasteiger partial charge is 0.347 e. The van der Waals surface area contributed by atoms with Crippen molar-refractivity contribution in [3.05, 3.63) is 108 Å². The molecule has 0 spiro atoms. The summed E-state index contributed by atoms with van der Waals surface area (Å²) < 4.78 is 4.62. The van der Waals surface area contributed by atoms with Gasteiger partial charge in [0.25, 0.3) is 0 Å². The lowest BCUT2D eigenvalue weighted by Gasteiger charge is -2.27. The summed E-state index contributed by atoms with van der Waals surface area (Å²) in [6.45, 7) is 6.24. The maximum atomic E-state index is 11.1. The molecule has 0 unspecified atom stereocenters. The highest BCUT2D eigenvalue weighted by atomic mass is 15.0. The normalized spacial score (nSPS) is 11.8. The van der Waals surface area contributed by atoms with Crippen LogP contribution in [0.4, 0.5) is 0 Å². The summed E-state index contributed by atoms with van der Waals surface area (Å²) in [6, 6.07) is 30.1. The molecule has 0 aliphatic rings. The predicted octanol–water partition coefficient (Wildman–Crippen LogP) is 7.27. The van der Waals surface area contributed by atoms with Crippen molar-refractivity contribution in [2.45, 2.75) is 45.2 Å².